The number of amides is 1. The van der Waals surface area contributed by atoms with Gasteiger partial charge in [0.1, 0.15) is 11.4 Å². The van der Waals surface area contributed by atoms with E-state index in [-0.39, 0.29) is 11.4 Å². The first kappa shape index (κ1) is 21.8. The Hall–Kier alpha value is -2.94. The lowest BCUT2D eigenvalue weighted by molar-refractivity contribution is -0.384. The van der Waals surface area contributed by atoms with Crippen molar-refractivity contribution in [2.24, 2.45) is 0 Å². The smallest absolute Gasteiger partial charge is 0.292 e. The third-order valence-corrected chi connectivity index (χ3v) is 6.76. The van der Waals surface area contributed by atoms with Crippen LogP contribution in [0.1, 0.15) is 12.0 Å². The summed E-state index contributed by atoms with van der Waals surface area (Å²) in [5.41, 5.74) is 1.62. The maximum Gasteiger partial charge on any atom is 0.292 e. The van der Waals surface area contributed by atoms with Crippen LogP contribution in [0, 0.1) is 10.1 Å². The number of piperazine rings is 1. The summed E-state index contributed by atoms with van der Waals surface area (Å²) >= 11 is 0. The fraction of sp³-hybridized carbons (Fsp3) is 0.381. The molecule has 1 heterocycles. The molecule has 160 valence electrons. The summed E-state index contributed by atoms with van der Waals surface area (Å²) in [5.74, 6) is -0.922. The predicted molar refractivity (Wildman–Crippen MR) is 115 cm³/mol. The minimum Gasteiger partial charge on any atom is -0.362 e. The van der Waals surface area contributed by atoms with E-state index in [1.54, 1.807) is 18.2 Å². The van der Waals surface area contributed by atoms with E-state index in [9.17, 15) is 23.3 Å². The van der Waals surface area contributed by atoms with Gasteiger partial charge < -0.3 is 9.80 Å². The molecule has 8 nitrogen and oxygen atoms in total. The molecule has 1 aliphatic heterocycles. The van der Waals surface area contributed by atoms with Gasteiger partial charge in [0.2, 0.25) is 5.91 Å². The topological polar surface area (TPSA) is 101 Å². The highest BCUT2D eigenvalue weighted by Gasteiger charge is 2.27. The lowest BCUT2D eigenvalue weighted by atomic mass is 10.1. The molecular formula is C21H25N3O5S. The normalized spacial score (nSPS) is 14.5. The van der Waals surface area contributed by atoms with Crippen molar-refractivity contribution < 1.29 is 18.1 Å². The number of para-hydroxylation sites is 2. The van der Waals surface area contributed by atoms with Crippen molar-refractivity contribution in [1.29, 1.82) is 0 Å². The molecule has 2 aromatic rings. The molecule has 0 unspecified atom stereocenters. The fourth-order valence-corrected chi connectivity index (χ4v) is 4.86. The predicted octanol–water partition coefficient (Wildman–Crippen LogP) is 2.29. The Morgan fingerprint density at radius 1 is 0.967 bits per heavy atom. The van der Waals surface area contributed by atoms with Gasteiger partial charge in [-0.1, -0.05) is 42.5 Å². The van der Waals surface area contributed by atoms with Crippen LogP contribution in [0.5, 0.6) is 0 Å². The molecule has 1 saturated heterocycles. The minimum absolute atomic E-state index is 0.0240. The Bertz CT molecular complexity index is 987. The number of carbonyl (C=O) groups is 1. The first-order valence-corrected chi connectivity index (χ1v) is 11.7. The van der Waals surface area contributed by atoms with Crippen LogP contribution in [0.4, 0.5) is 11.4 Å². The molecule has 0 saturated carbocycles. The first-order chi connectivity index (χ1) is 14.4. The quantitative estimate of drug-likeness (QED) is 0.470. The maximum atomic E-state index is 12.5. The molecule has 0 spiro atoms. The number of rotatable bonds is 8. The maximum absolute atomic E-state index is 12.5. The number of nitro groups is 1. The van der Waals surface area contributed by atoms with Gasteiger partial charge in [0.25, 0.3) is 5.69 Å². The standard InChI is InChI=1S/C21H25N3O5S/c25-21(17-30(28,29)16-6-9-18-7-2-1-3-8-18)23-14-12-22(13-15-23)19-10-4-5-11-20(19)24(26)27/h1-5,7-8,10-11H,6,9,12-17H2. The zero-order valence-electron chi connectivity index (χ0n) is 16.6. The summed E-state index contributed by atoms with van der Waals surface area (Å²) in [7, 11) is -3.48. The molecule has 0 atom stereocenters. The van der Waals surface area contributed by atoms with Gasteiger partial charge >= 0.3 is 0 Å². The van der Waals surface area contributed by atoms with Gasteiger partial charge in [-0.05, 0) is 24.5 Å². The number of nitro benzene ring substituents is 1. The van der Waals surface area contributed by atoms with Crippen molar-refractivity contribution >= 4 is 27.1 Å². The minimum atomic E-state index is -3.48. The van der Waals surface area contributed by atoms with E-state index in [0.29, 0.717) is 44.7 Å². The Morgan fingerprint density at radius 2 is 1.60 bits per heavy atom. The lowest BCUT2D eigenvalue weighted by Crippen LogP contribution is -2.50. The molecule has 0 aromatic heterocycles. The van der Waals surface area contributed by atoms with Crippen LogP contribution in [0.25, 0.3) is 0 Å². The molecule has 0 radical (unpaired) electrons. The average molecular weight is 432 g/mol. The molecule has 30 heavy (non-hydrogen) atoms. The van der Waals surface area contributed by atoms with Crippen LogP contribution in [0.3, 0.4) is 0 Å². The zero-order valence-corrected chi connectivity index (χ0v) is 17.5. The monoisotopic (exact) mass is 431 g/mol. The molecule has 0 aliphatic carbocycles. The summed E-state index contributed by atoms with van der Waals surface area (Å²) in [4.78, 5) is 26.7. The largest absolute Gasteiger partial charge is 0.362 e. The van der Waals surface area contributed by atoms with Crippen molar-refractivity contribution in [3.63, 3.8) is 0 Å². The molecule has 9 heteroatoms. The highest BCUT2D eigenvalue weighted by atomic mass is 32.2. The number of nitrogens with zero attached hydrogens (tertiary/aromatic N) is 3. The van der Waals surface area contributed by atoms with Gasteiger partial charge in [-0.3, -0.25) is 14.9 Å². The third-order valence-electron chi connectivity index (χ3n) is 5.16. The Kier molecular flexibility index (Phi) is 7.04. The fourth-order valence-electron chi connectivity index (χ4n) is 3.58. The van der Waals surface area contributed by atoms with E-state index in [0.717, 1.165) is 5.56 Å². The highest BCUT2D eigenvalue weighted by molar-refractivity contribution is 7.92. The second-order valence-electron chi connectivity index (χ2n) is 7.29. The van der Waals surface area contributed by atoms with Crippen LogP contribution < -0.4 is 4.90 Å². The second kappa shape index (κ2) is 9.71. The van der Waals surface area contributed by atoms with Gasteiger partial charge in [0, 0.05) is 32.2 Å². The number of anilines is 1. The SMILES string of the molecule is O=C(CS(=O)(=O)CCCc1ccccc1)N1CCN(c2ccccc2[N+](=O)[O-])CC1. The number of hydrogen-bond acceptors (Lipinski definition) is 6. The van der Waals surface area contributed by atoms with Crippen LogP contribution in [0.2, 0.25) is 0 Å². The summed E-state index contributed by atoms with van der Waals surface area (Å²) in [6.07, 6.45) is 1.13. The Balaban J connectivity index is 1.49. The molecule has 0 bridgehead atoms. The van der Waals surface area contributed by atoms with Crippen molar-refractivity contribution in [3.8, 4) is 0 Å². The Morgan fingerprint density at radius 3 is 2.27 bits per heavy atom. The van der Waals surface area contributed by atoms with Crippen molar-refractivity contribution in [1.82, 2.24) is 4.90 Å². The van der Waals surface area contributed by atoms with Crippen molar-refractivity contribution in [2.75, 3.05) is 42.6 Å². The van der Waals surface area contributed by atoms with E-state index >= 15 is 0 Å². The van der Waals surface area contributed by atoms with Crippen molar-refractivity contribution in [3.05, 3.63) is 70.3 Å². The van der Waals surface area contributed by atoms with Gasteiger partial charge in [0.05, 0.1) is 10.7 Å². The average Bonchev–Trinajstić information content (AvgIpc) is 2.74. The third kappa shape index (κ3) is 5.79. The van der Waals surface area contributed by atoms with Crippen LogP contribution in [0.15, 0.2) is 54.6 Å². The summed E-state index contributed by atoms with van der Waals surface area (Å²) < 4.78 is 24.7. The summed E-state index contributed by atoms with van der Waals surface area (Å²) in [5, 5.41) is 11.2. The molecule has 1 aliphatic rings. The summed E-state index contributed by atoms with van der Waals surface area (Å²) in [6.45, 7) is 1.52. The number of sulfone groups is 1. The van der Waals surface area contributed by atoms with E-state index in [1.807, 2.05) is 35.2 Å². The molecule has 1 amide bonds. The molecule has 3 rings (SSSR count). The van der Waals surface area contributed by atoms with Crippen LogP contribution in [-0.4, -0.2) is 61.8 Å². The van der Waals surface area contributed by atoms with E-state index in [4.69, 9.17) is 0 Å². The highest BCUT2D eigenvalue weighted by Crippen LogP contribution is 2.28. The second-order valence-corrected chi connectivity index (χ2v) is 9.48. The van der Waals surface area contributed by atoms with Gasteiger partial charge in [-0.15, -0.1) is 0 Å². The molecule has 2 aromatic carbocycles. The number of hydrogen-bond donors (Lipinski definition) is 0. The number of benzene rings is 2. The first-order valence-electron chi connectivity index (χ1n) is 9.86. The summed E-state index contributed by atoms with van der Waals surface area (Å²) in [6, 6.07) is 16.1. The Labute approximate surface area is 176 Å². The van der Waals surface area contributed by atoms with Gasteiger partial charge in [-0.25, -0.2) is 8.42 Å². The van der Waals surface area contributed by atoms with E-state index in [1.165, 1.54) is 11.0 Å². The number of carbonyl (C=O) groups excluding carboxylic acids is 1. The zero-order chi connectivity index (χ0) is 21.6. The van der Waals surface area contributed by atoms with Gasteiger partial charge in [-0.2, -0.15) is 0 Å². The van der Waals surface area contributed by atoms with Crippen molar-refractivity contribution in [2.45, 2.75) is 12.8 Å². The van der Waals surface area contributed by atoms with Gasteiger partial charge in [0.15, 0.2) is 9.84 Å². The van der Waals surface area contributed by atoms with E-state index in [2.05, 4.69) is 0 Å². The molecule has 1 fully saturated rings. The lowest BCUT2D eigenvalue weighted by Gasteiger charge is -2.35. The molecular weight excluding hydrogens is 406 g/mol. The number of aryl methyl sites for hydroxylation is 1. The van der Waals surface area contributed by atoms with E-state index < -0.39 is 26.4 Å². The van der Waals surface area contributed by atoms with Crippen LogP contribution in [-0.2, 0) is 21.1 Å². The molecule has 0 N–H and O–H groups in total. The van der Waals surface area contributed by atoms with Crippen LogP contribution >= 0.6 is 0 Å².